The molecule has 7 nitrogen and oxygen atoms in total. The summed E-state index contributed by atoms with van der Waals surface area (Å²) < 4.78 is 43.0. The predicted octanol–water partition coefficient (Wildman–Crippen LogP) is 5.38. The number of rotatable bonds is 11. The average molecular weight is 625 g/mol. The first kappa shape index (κ1) is 29.6. The van der Waals surface area contributed by atoms with Gasteiger partial charge in [-0.15, -0.1) is 0 Å². The van der Waals surface area contributed by atoms with E-state index in [9.17, 15) is 22.4 Å². The summed E-state index contributed by atoms with van der Waals surface area (Å²) in [5.41, 5.74) is 0.763. The summed E-state index contributed by atoms with van der Waals surface area (Å²) >= 11 is 9.34. The Bertz CT molecular complexity index is 1370. The zero-order valence-corrected chi connectivity index (χ0v) is 24.1. The van der Waals surface area contributed by atoms with Gasteiger partial charge in [0.15, 0.2) is 0 Å². The summed E-state index contributed by atoms with van der Waals surface area (Å²) in [4.78, 5) is 27.9. The second kappa shape index (κ2) is 13.2. The van der Waals surface area contributed by atoms with Crippen LogP contribution in [-0.2, 0) is 26.2 Å². The molecule has 0 saturated heterocycles. The third kappa shape index (κ3) is 7.33. The van der Waals surface area contributed by atoms with Gasteiger partial charge in [-0.1, -0.05) is 64.8 Å². The lowest BCUT2D eigenvalue weighted by molar-refractivity contribution is -0.139. The number of anilines is 1. The summed E-state index contributed by atoms with van der Waals surface area (Å²) in [7, 11) is -4.25. The molecule has 0 bridgehead atoms. The molecule has 0 aromatic heterocycles. The Morgan fingerprint density at radius 2 is 1.71 bits per heavy atom. The van der Waals surface area contributed by atoms with Crippen molar-refractivity contribution < 1.29 is 22.4 Å². The molecule has 11 heteroatoms. The molecule has 0 saturated carbocycles. The van der Waals surface area contributed by atoms with Crippen LogP contribution in [0.1, 0.15) is 25.8 Å². The Balaban J connectivity index is 2.02. The molecule has 0 heterocycles. The summed E-state index contributed by atoms with van der Waals surface area (Å²) in [5, 5.41) is 2.50. The number of carbonyl (C=O) groups is 2. The van der Waals surface area contributed by atoms with E-state index in [-0.39, 0.29) is 28.1 Å². The number of sulfonamides is 1. The highest BCUT2D eigenvalue weighted by atomic mass is 79.9. The molecule has 3 aromatic rings. The van der Waals surface area contributed by atoms with Crippen LogP contribution in [0.15, 0.2) is 82.2 Å². The van der Waals surface area contributed by atoms with E-state index in [1.165, 1.54) is 23.1 Å². The average Bonchev–Trinajstić information content (AvgIpc) is 2.91. The maximum Gasteiger partial charge on any atom is 0.264 e. The summed E-state index contributed by atoms with van der Waals surface area (Å²) in [5.74, 6) is -1.71. The maximum atomic E-state index is 13.9. The van der Waals surface area contributed by atoms with Crippen molar-refractivity contribution in [1.82, 2.24) is 10.2 Å². The first-order valence-corrected chi connectivity index (χ1v) is 14.5. The van der Waals surface area contributed by atoms with E-state index in [0.29, 0.717) is 13.0 Å². The lowest BCUT2D eigenvalue weighted by Gasteiger charge is -2.32. The fraction of sp³-hybridized carbons (Fsp3) is 0.259. The molecule has 0 aliphatic rings. The number of carbonyl (C=O) groups excluding carboxylic acids is 2. The van der Waals surface area contributed by atoms with E-state index >= 15 is 0 Å². The normalized spacial score (nSPS) is 12.0. The predicted molar refractivity (Wildman–Crippen MR) is 150 cm³/mol. The van der Waals surface area contributed by atoms with Crippen LogP contribution in [0, 0.1) is 5.82 Å². The van der Waals surface area contributed by atoms with Gasteiger partial charge in [0.05, 0.1) is 15.6 Å². The Kier molecular flexibility index (Phi) is 10.3. The van der Waals surface area contributed by atoms with Gasteiger partial charge in [0.2, 0.25) is 11.8 Å². The van der Waals surface area contributed by atoms with E-state index in [1.807, 2.05) is 19.1 Å². The molecule has 0 unspecified atom stereocenters. The fourth-order valence-electron chi connectivity index (χ4n) is 3.65. The van der Waals surface area contributed by atoms with Gasteiger partial charge in [-0.2, -0.15) is 0 Å². The zero-order chi connectivity index (χ0) is 27.9. The number of amides is 2. The molecule has 0 fully saturated rings. The van der Waals surface area contributed by atoms with Crippen molar-refractivity contribution in [3.05, 3.63) is 93.7 Å². The molecule has 202 valence electrons. The third-order valence-electron chi connectivity index (χ3n) is 5.78. The second-order valence-electron chi connectivity index (χ2n) is 8.54. The van der Waals surface area contributed by atoms with Crippen LogP contribution in [0.2, 0.25) is 5.02 Å². The van der Waals surface area contributed by atoms with Crippen LogP contribution < -0.4 is 9.62 Å². The first-order valence-electron chi connectivity index (χ1n) is 11.9. The molecular weight excluding hydrogens is 597 g/mol. The highest BCUT2D eigenvalue weighted by Crippen LogP contribution is 2.28. The minimum atomic E-state index is -4.25. The number of halogens is 3. The van der Waals surface area contributed by atoms with E-state index in [1.54, 1.807) is 37.3 Å². The SMILES string of the molecule is CCCNC(=O)[C@@H](C)N(Cc1ccc(Br)cc1)C(=O)CN(c1ccc(F)c(Cl)c1)S(=O)(=O)c1ccccc1. The van der Waals surface area contributed by atoms with Gasteiger partial charge in [0, 0.05) is 17.6 Å². The molecule has 0 spiro atoms. The first-order chi connectivity index (χ1) is 18.0. The van der Waals surface area contributed by atoms with Crippen molar-refractivity contribution in [1.29, 1.82) is 0 Å². The number of benzene rings is 3. The summed E-state index contributed by atoms with van der Waals surface area (Å²) in [6, 6.07) is 17.4. The van der Waals surface area contributed by atoms with Crippen molar-refractivity contribution >= 4 is 55.1 Å². The lowest BCUT2D eigenvalue weighted by Crippen LogP contribution is -2.51. The number of hydrogen-bond donors (Lipinski definition) is 1. The monoisotopic (exact) mass is 623 g/mol. The van der Waals surface area contributed by atoms with Crippen molar-refractivity contribution in [3.63, 3.8) is 0 Å². The minimum absolute atomic E-state index is 0.0142. The van der Waals surface area contributed by atoms with Gasteiger partial charge in [0.1, 0.15) is 18.4 Å². The van der Waals surface area contributed by atoms with Gasteiger partial charge in [0.25, 0.3) is 10.0 Å². The highest BCUT2D eigenvalue weighted by molar-refractivity contribution is 9.10. The van der Waals surface area contributed by atoms with Gasteiger partial charge in [-0.25, -0.2) is 12.8 Å². The minimum Gasteiger partial charge on any atom is -0.354 e. The largest absolute Gasteiger partial charge is 0.354 e. The van der Waals surface area contributed by atoms with Crippen LogP contribution in [0.5, 0.6) is 0 Å². The van der Waals surface area contributed by atoms with Crippen LogP contribution in [0.25, 0.3) is 0 Å². The number of hydrogen-bond acceptors (Lipinski definition) is 4. The van der Waals surface area contributed by atoms with Crippen molar-refractivity contribution in [2.45, 2.75) is 37.8 Å². The highest BCUT2D eigenvalue weighted by Gasteiger charge is 2.32. The van der Waals surface area contributed by atoms with Crippen LogP contribution in [0.3, 0.4) is 0 Å². The van der Waals surface area contributed by atoms with Crippen molar-refractivity contribution in [3.8, 4) is 0 Å². The van der Waals surface area contributed by atoms with E-state index < -0.39 is 34.3 Å². The van der Waals surface area contributed by atoms with Crippen LogP contribution in [0.4, 0.5) is 10.1 Å². The van der Waals surface area contributed by atoms with Gasteiger partial charge >= 0.3 is 0 Å². The van der Waals surface area contributed by atoms with E-state index in [0.717, 1.165) is 26.5 Å². The molecular formula is C27H28BrClFN3O4S. The number of nitrogens with one attached hydrogen (secondary N) is 1. The molecule has 1 N–H and O–H groups in total. The number of nitrogens with zero attached hydrogens (tertiary/aromatic N) is 2. The molecule has 0 aliphatic carbocycles. The molecule has 0 radical (unpaired) electrons. The Labute approximate surface area is 235 Å². The zero-order valence-electron chi connectivity index (χ0n) is 20.9. The Morgan fingerprint density at radius 1 is 1.05 bits per heavy atom. The van der Waals surface area contributed by atoms with Crippen LogP contribution >= 0.6 is 27.5 Å². The van der Waals surface area contributed by atoms with Crippen LogP contribution in [-0.4, -0.2) is 44.3 Å². The smallest absolute Gasteiger partial charge is 0.264 e. The molecule has 0 aliphatic heterocycles. The Hall–Kier alpha value is -2.95. The molecule has 38 heavy (non-hydrogen) atoms. The maximum absolute atomic E-state index is 13.9. The van der Waals surface area contributed by atoms with E-state index in [4.69, 9.17) is 11.6 Å². The van der Waals surface area contributed by atoms with Gasteiger partial charge in [-0.3, -0.25) is 13.9 Å². The van der Waals surface area contributed by atoms with Gasteiger partial charge < -0.3 is 10.2 Å². The summed E-state index contributed by atoms with van der Waals surface area (Å²) in [6.45, 7) is 3.37. The lowest BCUT2D eigenvalue weighted by atomic mass is 10.1. The third-order valence-corrected chi connectivity index (χ3v) is 8.39. The molecule has 3 rings (SSSR count). The quantitative estimate of drug-likeness (QED) is 0.310. The topological polar surface area (TPSA) is 86.8 Å². The van der Waals surface area contributed by atoms with Crippen molar-refractivity contribution in [2.75, 3.05) is 17.4 Å². The standard InChI is InChI=1S/C27H28BrClFN3O4S/c1-3-15-31-27(35)19(2)32(17-20-9-11-21(28)12-10-20)26(34)18-33(22-13-14-25(30)24(29)16-22)38(36,37)23-7-5-4-6-8-23/h4-14,16,19H,3,15,17-18H2,1-2H3,(H,31,35)/t19-/m1/s1. The molecule has 2 amide bonds. The Morgan fingerprint density at radius 3 is 2.32 bits per heavy atom. The summed E-state index contributed by atoms with van der Waals surface area (Å²) in [6.07, 6.45) is 0.716. The molecule has 1 atom stereocenters. The molecule has 3 aromatic carbocycles. The van der Waals surface area contributed by atoms with Gasteiger partial charge in [-0.05, 0) is 61.4 Å². The van der Waals surface area contributed by atoms with Crippen molar-refractivity contribution in [2.24, 2.45) is 0 Å². The second-order valence-corrected chi connectivity index (χ2v) is 11.7. The van der Waals surface area contributed by atoms with E-state index in [2.05, 4.69) is 21.2 Å². The fourth-order valence-corrected chi connectivity index (χ4v) is 5.52.